The number of rotatable bonds is 3. The van der Waals surface area contributed by atoms with Crippen LogP contribution in [0, 0.1) is 0 Å². The van der Waals surface area contributed by atoms with Gasteiger partial charge in [-0.25, -0.2) is 0 Å². The highest BCUT2D eigenvalue weighted by atomic mass is 19.4. The molecule has 0 aromatic heterocycles. The minimum atomic E-state index is -4.60. The Hall–Kier alpha value is -2.31. The fourth-order valence-corrected chi connectivity index (χ4v) is 2.26. The maximum absolute atomic E-state index is 13.1. The van der Waals surface area contributed by atoms with E-state index in [2.05, 4.69) is 11.6 Å². The lowest BCUT2D eigenvalue weighted by Crippen LogP contribution is -2.20. The second-order valence-electron chi connectivity index (χ2n) is 4.88. The second-order valence-corrected chi connectivity index (χ2v) is 4.88. The zero-order chi connectivity index (χ0) is 21.2. The number of primary amides is 1. The van der Waals surface area contributed by atoms with Gasteiger partial charge in [-0.05, 0) is 31.9 Å². The molecule has 0 bridgehead atoms. The van der Waals surface area contributed by atoms with Crippen molar-refractivity contribution in [3.63, 3.8) is 0 Å². The molecule has 148 valence electrons. The van der Waals surface area contributed by atoms with Crippen molar-refractivity contribution >= 4 is 12.1 Å². The van der Waals surface area contributed by atoms with Crippen LogP contribution in [0.3, 0.4) is 0 Å². The van der Waals surface area contributed by atoms with Gasteiger partial charge >= 0.3 is 6.18 Å². The molecule has 0 aliphatic heterocycles. The Morgan fingerprint density at radius 3 is 2.00 bits per heavy atom. The molecule has 0 heterocycles. The van der Waals surface area contributed by atoms with Crippen molar-refractivity contribution < 1.29 is 18.0 Å². The summed E-state index contributed by atoms with van der Waals surface area (Å²) in [5, 5.41) is 0. The first-order valence-corrected chi connectivity index (χ1v) is 8.47. The van der Waals surface area contributed by atoms with Crippen molar-refractivity contribution in [3.05, 3.63) is 45.8 Å². The zero-order valence-corrected chi connectivity index (χ0v) is 16.6. The summed E-state index contributed by atoms with van der Waals surface area (Å²) >= 11 is 0. The number of carbonyl (C=O) groups is 1. The van der Waals surface area contributed by atoms with Crippen molar-refractivity contribution in [2.24, 2.45) is 16.5 Å². The first-order chi connectivity index (χ1) is 12.0. The predicted octanol–water partition coefficient (Wildman–Crippen LogP) is 4.94. The largest absolute Gasteiger partial charge is 0.413 e. The third-order valence-electron chi connectivity index (χ3n) is 3.46. The van der Waals surface area contributed by atoms with E-state index in [0.29, 0.717) is 11.3 Å². The summed E-state index contributed by atoms with van der Waals surface area (Å²) in [6.45, 7) is 15.9. The quantitative estimate of drug-likeness (QED) is 0.687. The van der Waals surface area contributed by atoms with E-state index >= 15 is 0 Å². The highest BCUT2D eigenvalue weighted by Crippen LogP contribution is 2.43. The van der Waals surface area contributed by atoms with Crippen LogP contribution < -0.4 is 11.5 Å². The van der Waals surface area contributed by atoms with Gasteiger partial charge in [-0.3, -0.25) is 9.79 Å². The summed E-state index contributed by atoms with van der Waals surface area (Å²) in [4.78, 5) is 15.5. The number of nitrogens with zero attached hydrogens (tertiary/aromatic N) is 1. The molecule has 0 atom stereocenters. The van der Waals surface area contributed by atoms with E-state index in [0.717, 1.165) is 6.92 Å². The van der Waals surface area contributed by atoms with Gasteiger partial charge in [0.15, 0.2) is 0 Å². The van der Waals surface area contributed by atoms with Gasteiger partial charge < -0.3 is 11.5 Å². The van der Waals surface area contributed by atoms with Crippen LogP contribution in [0.4, 0.5) is 13.2 Å². The average Bonchev–Trinajstić information content (AvgIpc) is 2.93. The fourth-order valence-electron chi connectivity index (χ4n) is 2.26. The number of allylic oxidation sites excluding steroid dienone is 3. The van der Waals surface area contributed by atoms with E-state index in [1.54, 1.807) is 13.8 Å². The molecule has 0 fully saturated rings. The molecule has 0 spiro atoms. The monoisotopic (exact) mass is 373 g/mol. The van der Waals surface area contributed by atoms with Crippen LogP contribution in [-0.2, 0) is 4.79 Å². The van der Waals surface area contributed by atoms with Crippen molar-refractivity contribution in [1.29, 1.82) is 0 Å². The number of alkyl halides is 3. The van der Waals surface area contributed by atoms with E-state index in [1.165, 1.54) is 6.21 Å². The number of aliphatic imine (C=N–C) groups is 1. The highest BCUT2D eigenvalue weighted by Gasteiger charge is 2.39. The maximum atomic E-state index is 13.1. The van der Waals surface area contributed by atoms with Gasteiger partial charge in [-0.1, -0.05) is 34.3 Å². The molecular formula is C19H30F3N3O. The molecule has 1 amide bonds. The normalized spacial score (nSPS) is 17.9. The number of carbonyl (C=O) groups excluding carboxylic acids is 1. The molecule has 0 saturated carbocycles. The standard InChI is InChI=1S/C15H18F3N3O.2C2H6/c1-5-21-9(4)7(2)10-6-11(19)13(14(20)22)12(10)8(3)15(16,17)18;2*1-2/h5H,4,6,19H2,1-3H3,(H2,20,22);2*1-2H3/b10-7-,12-8-,21-5?;;. The molecule has 0 saturated heterocycles. The Balaban J connectivity index is 0. The van der Waals surface area contributed by atoms with Gasteiger partial charge in [0.05, 0.1) is 11.3 Å². The van der Waals surface area contributed by atoms with Gasteiger partial charge in [-0.2, -0.15) is 13.2 Å². The smallest absolute Gasteiger partial charge is 0.401 e. The van der Waals surface area contributed by atoms with Crippen LogP contribution in [0.2, 0.25) is 0 Å². The minimum Gasteiger partial charge on any atom is -0.401 e. The summed E-state index contributed by atoms with van der Waals surface area (Å²) in [5.74, 6) is -0.983. The summed E-state index contributed by atoms with van der Waals surface area (Å²) in [7, 11) is 0. The first-order valence-electron chi connectivity index (χ1n) is 8.47. The van der Waals surface area contributed by atoms with Crippen molar-refractivity contribution in [2.45, 2.75) is 61.1 Å². The number of nitrogens with two attached hydrogens (primary N) is 2. The Bertz CT molecular complexity index is 651. The molecule has 0 aromatic carbocycles. The summed E-state index contributed by atoms with van der Waals surface area (Å²) in [5.41, 5.74) is 10.5. The van der Waals surface area contributed by atoms with Gasteiger partial charge in [-0.15, -0.1) is 0 Å². The Morgan fingerprint density at radius 1 is 1.19 bits per heavy atom. The number of halogens is 3. The molecule has 4 N–H and O–H groups in total. The Labute approximate surface area is 154 Å². The fraction of sp³-hybridized carbons (Fsp3) is 0.474. The van der Waals surface area contributed by atoms with Crippen LogP contribution in [-0.4, -0.2) is 18.3 Å². The molecule has 26 heavy (non-hydrogen) atoms. The summed E-state index contributed by atoms with van der Waals surface area (Å²) < 4.78 is 39.3. The second kappa shape index (κ2) is 11.3. The third-order valence-corrected chi connectivity index (χ3v) is 3.46. The highest BCUT2D eigenvalue weighted by molar-refractivity contribution is 6.00. The average molecular weight is 373 g/mol. The van der Waals surface area contributed by atoms with Crippen LogP contribution >= 0.6 is 0 Å². The van der Waals surface area contributed by atoms with E-state index in [4.69, 9.17) is 11.5 Å². The predicted molar refractivity (Wildman–Crippen MR) is 102 cm³/mol. The Kier molecular flexibility index (Phi) is 11.3. The lowest BCUT2D eigenvalue weighted by atomic mass is 9.93. The van der Waals surface area contributed by atoms with Crippen molar-refractivity contribution in [2.75, 3.05) is 0 Å². The van der Waals surface area contributed by atoms with E-state index in [1.807, 2.05) is 27.7 Å². The topological polar surface area (TPSA) is 81.5 Å². The number of amides is 1. The van der Waals surface area contributed by atoms with Gasteiger partial charge in [0.2, 0.25) is 0 Å². The SMILES string of the molecule is C=C(N=CC)/C(C)=C1/CC(N)=C(C(N)=O)/C1=C(/C)C(F)(F)F.CC.CC. The number of hydrogen-bond acceptors (Lipinski definition) is 3. The molecule has 0 radical (unpaired) electrons. The molecule has 0 aromatic rings. The summed E-state index contributed by atoms with van der Waals surface area (Å²) in [6, 6.07) is 0. The van der Waals surface area contributed by atoms with Crippen LogP contribution in [0.15, 0.2) is 50.8 Å². The molecular weight excluding hydrogens is 343 g/mol. The maximum Gasteiger partial charge on any atom is 0.413 e. The van der Waals surface area contributed by atoms with E-state index in [9.17, 15) is 18.0 Å². The van der Waals surface area contributed by atoms with Crippen LogP contribution in [0.5, 0.6) is 0 Å². The lowest BCUT2D eigenvalue weighted by molar-refractivity contribution is -0.114. The molecule has 7 heteroatoms. The van der Waals surface area contributed by atoms with Crippen LogP contribution in [0.25, 0.3) is 0 Å². The van der Waals surface area contributed by atoms with Crippen LogP contribution in [0.1, 0.15) is 54.9 Å². The van der Waals surface area contributed by atoms with Gasteiger partial charge in [0, 0.05) is 29.5 Å². The van der Waals surface area contributed by atoms with Crippen molar-refractivity contribution in [1.82, 2.24) is 0 Å². The summed E-state index contributed by atoms with van der Waals surface area (Å²) in [6.07, 6.45) is -3.11. The van der Waals surface area contributed by atoms with E-state index in [-0.39, 0.29) is 28.8 Å². The zero-order valence-electron chi connectivity index (χ0n) is 16.6. The Morgan fingerprint density at radius 2 is 1.65 bits per heavy atom. The van der Waals surface area contributed by atoms with Gasteiger partial charge in [0.25, 0.3) is 5.91 Å². The minimum absolute atomic E-state index is 0.00507. The molecule has 1 aliphatic carbocycles. The third kappa shape index (κ3) is 6.20. The molecule has 4 nitrogen and oxygen atoms in total. The van der Waals surface area contributed by atoms with E-state index < -0.39 is 17.7 Å². The lowest BCUT2D eigenvalue weighted by Gasteiger charge is -2.16. The van der Waals surface area contributed by atoms with Gasteiger partial charge in [0.1, 0.15) is 0 Å². The molecule has 1 rings (SSSR count). The molecule has 0 unspecified atom stereocenters. The molecule has 1 aliphatic rings. The number of hydrogen-bond donors (Lipinski definition) is 2. The van der Waals surface area contributed by atoms with Crippen molar-refractivity contribution in [3.8, 4) is 0 Å². The first kappa shape index (κ1) is 25.9.